The Labute approximate surface area is 132 Å². The van der Waals surface area contributed by atoms with Gasteiger partial charge in [-0.3, -0.25) is 4.79 Å². The molecule has 1 heterocycles. The van der Waals surface area contributed by atoms with E-state index in [-0.39, 0.29) is 17.9 Å². The van der Waals surface area contributed by atoms with E-state index in [0.717, 1.165) is 45.5 Å². The molecule has 2 aliphatic rings. The van der Waals surface area contributed by atoms with E-state index < -0.39 is 0 Å². The van der Waals surface area contributed by atoms with Crippen molar-refractivity contribution < 1.29 is 9.53 Å². The van der Waals surface area contributed by atoms with Crippen LogP contribution in [0.15, 0.2) is 30.3 Å². The lowest BCUT2D eigenvalue weighted by Gasteiger charge is -2.34. The van der Waals surface area contributed by atoms with E-state index >= 15 is 0 Å². The number of rotatable bonds is 5. The summed E-state index contributed by atoms with van der Waals surface area (Å²) >= 11 is 0. The zero-order valence-corrected chi connectivity index (χ0v) is 13.2. The number of carbonyl (C=O) groups excluding carboxylic acids is 1. The summed E-state index contributed by atoms with van der Waals surface area (Å²) in [5, 5.41) is 3.09. The maximum Gasteiger partial charge on any atom is 0.223 e. The predicted octanol–water partition coefficient (Wildman–Crippen LogP) is 2.59. The van der Waals surface area contributed by atoms with Crippen LogP contribution in [0.1, 0.15) is 32.1 Å². The van der Waals surface area contributed by atoms with Crippen LogP contribution in [-0.4, -0.2) is 38.3 Å². The summed E-state index contributed by atoms with van der Waals surface area (Å²) < 4.78 is 5.84. The summed E-state index contributed by atoms with van der Waals surface area (Å²) in [4.78, 5) is 14.4. The topological polar surface area (TPSA) is 41.6 Å². The normalized spacial score (nSPS) is 22.7. The molecule has 1 aromatic carbocycles. The molecule has 0 bridgehead atoms. The van der Waals surface area contributed by atoms with Crippen LogP contribution < -0.4 is 10.2 Å². The monoisotopic (exact) mass is 302 g/mol. The number of morpholine rings is 1. The first-order chi connectivity index (χ1) is 10.8. The molecule has 1 aliphatic heterocycles. The third-order valence-corrected chi connectivity index (χ3v) is 4.75. The van der Waals surface area contributed by atoms with Crippen molar-refractivity contribution >= 4 is 11.6 Å². The highest BCUT2D eigenvalue weighted by molar-refractivity contribution is 5.78. The van der Waals surface area contributed by atoms with Crippen LogP contribution in [0.25, 0.3) is 0 Å². The van der Waals surface area contributed by atoms with E-state index in [1.54, 1.807) is 0 Å². The number of benzene rings is 1. The highest BCUT2D eigenvalue weighted by Gasteiger charge is 2.24. The summed E-state index contributed by atoms with van der Waals surface area (Å²) in [6, 6.07) is 10.5. The first-order valence-electron chi connectivity index (χ1n) is 8.52. The Morgan fingerprint density at radius 3 is 2.77 bits per heavy atom. The molecule has 1 N–H and O–H groups in total. The second-order valence-corrected chi connectivity index (χ2v) is 6.34. The van der Waals surface area contributed by atoms with Crippen molar-refractivity contribution in [2.75, 3.05) is 31.1 Å². The second kappa shape index (κ2) is 7.63. The molecule has 1 unspecified atom stereocenters. The van der Waals surface area contributed by atoms with Gasteiger partial charge in [0, 0.05) is 31.2 Å². The number of hydrogen-bond donors (Lipinski definition) is 1. The number of anilines is 1. The van der Waals surface area contributed by atoms with Gasteiger partial charge in [-0.15, -0.1) is 0 Å². The molecular formula is C18H26N2O2. The van der Waals surface area contributed by atoms with Gasteiger partial charge in [0.05, 0.1) is 12.7 Å². The molecule has 1 aliphatic carbocycles. The maximum atomic E-state index is 12.0. The number of para-hydroxylation sites is 1. The zero-order chi connectivity index (χ0) is 15.2. The van der Waals surface area contributed by atoms with Gasteiger partial charge in [0.1, 0.15) is 0 Å². The molecule has 1 atom stereocenters. The average molecular weight is 302 g/mol. The standard InChI is InChI=1S/C18H26N2O2/c21-18(15-6-4-5-7-15)19-11-10-17-14-20(12-13-22-17)16-8-2-1-3-9-16/h1-3,8-9,15,17H,4-7,10-14H2,(H,19,21). The van der Waals surface area contributed by atoms with E-state index in [9.17, 15) is 4.79 Å². The van der Waals surface area contributed by atoms with Crippen LogP contribution in [0.4, 0.5) is 5.69 Å². The van der Waals surface area contributed by atoms with Gasteiger partial charge in [-0.2, -0.15) is 0 Å². The average Bonchev–Trinajstić information content (AvgIpc) is 3.10. The second-order valence-electron chi connectivity index (χ2n) is 6.34. The molecule has 4 heteroatoms. The summed E-state index contributed by atoms with van der Waals surface area (Å²) in [5.74, 6) is 0.501. The minimum absolute atomic E-state index is 0.206. The fourth-order valence-electron chi connectivity index (χ4n) is 3.46. The molecule has 1 amide bonds. The molecule has 1 saturated heterocycles. The molecule has 4 nitrogen and oxygen atoms in total. The molecule has 1 saturated carbocycles. The Balaban J connectivity index is 1.42. The Kier molecular flexibility index (Phi) is 5.33. The summed E-state index contributed by atoms with van der Waals surface area (Å²) in [7, 11) is 0. The number of nitrogens with zero attached hydrogens (tertiary/aromatic N) is 1. The smallest absolute Gasteiger partial charge is 0.223 e. The van der Waals surface area contributed by atoms with Gasteiger partial charge in [0.15, 0.2) is 0 Å². The van der Waals surface area contributed by atoms with Crippen LogP contribution in [0, 0.1) is 5.92 Å². The molecule has 22 heavy (non-hydrogen) atoms. The van der Waals surface area contributed by atoms with E-state index in [1.165, 1.54) is 18.5 Å². The number of carbonyl (C=O) groups is 1. The Bertz CT molecular complexity index is 471. The molecular weight excluding hydrogens is 276 g/mol. The van der Waals surface area contributed by atoms with Crippen LogP contribution in [0.3, 0.4) is 0 Å². The molecule has 0 aromatic heterocycles. The van der Waals surface area contributed by atoms with Gasteiger partial charge in [-0.05, 0) is 31.4 Å². The third-order valence-electron chi connectivity index (χ3n) is 4.75. The van der Waals surface area contributed by atoms with Crippen molar-refractivity contribution in [1.82, 2.24) is 5.32 Å². The quantitative estimate of drug-likeness (QED) is 0.909. The molecule has 0 spiro atoms. The van der Waals surface area contributed by atoms with Crippen molar-refractivity contribution in [3.63, 3.8) is 0 Å². The summed E-state index contributed by atoms with van der Waals surface area (Å²) in [6.45, 7) is 3.33. The highest BCUT2D eigenvalue weighted by Crippen LogP contribution is 2.24. The first-order valence-corrected chi connectivity index (χ1v) is 8.52. The van der Waals surface area contributed by atoms with Gasteiger partial charge in [-0.1, -0.05) is 31.0 Å². The van der Waals surface area contributed by atoms with Gasteiger partial charge in [-0.25, -0.2) is 0 Å². The van der Waals surface area contributed by atoms with E-state index in [1.807, 2.05) is 6.07 Å². The lowest BCUT2D eigenvalue weighted by molar-refractivity contribution is -0.124. The maximum absolute atomic E-state index is 12.0. The lowest BCUT2D eigenvalue weighted by Crippen LogP contribution is -2.44. The zero-order valence-electron chi connectivity index (χ0n) is 13.2. The van der Waals surface area contributed by atoms with Crippen LogP contribution in [-0.2, 0) is 9.53 Å². The van der Waals surface area contributed by atoms with E-state index in [4.69, 9.17) is 4.74 Å². The van der Waals surface area contributed by atoms with Crippen molar-refractivity contribution in [3.05, 3.63) is 30.3 Å². The van der Waals surface area contributed by atoms with Crippen LogP contribution in [0.2, 0.25) is 0 Å². The van der Waals surface area contributed by atoms with Crippen LogP contribution >= 0.6 is 0 Å². The molecule has 120 valence electrons. The minimum atomic E-state index is 0.206. The highest BCUT2D eigenvalue weighted by atomic mass is 16.5. The number of amides is 1. The van der Waals surface area contributed by atoms with E-state index in [2.05, 4.69) is 34.5 Å². The van der Waals surface area contributed by atoms with Crippen molar-refractivity contribution in [2.24, 2.45) is 5.92 Å². The number of ether oxygens (including phenoxy) is 1. The summed E-state index contributed by atoms with van der Waals surface area (Å²) in [5.41, 5.74) is 1.26. The molecule has 2 fully saturated rings. The van der Waals surface area contributed by atoms with Gasteiger partial charge in [0.25, 0.3) is 0 Å². The Morgan fingerprint density at radius 2 is 2.00 bits per heavy atom. The van der Waals surface area contributed by atoms with Crippen molar-refractivity contribution in [1.29, 1.82) is 0 Å². The van der Waals surface area contributed by atoms with Gasteiger partial charge in [0.2, 0.25) is 5.91 Å². The Morgan fingerprint density at radius 1 is 1.23 bits per heavy atom. The third kappa shape index (κ3) is 4.01. The molecule has 1 aromatic rings. The molecule has 3 rings (SSSR count). The first kappa shape index (κ1) is 15.3. The number of hydrogen-bond acceptors (Lipinski definition) is 3. The van der Waals surface area contributed by atoms with E-state index in [0.29, 0.717) is 0 Å². The largest absolute Gasteiger partial charge is 0.374 e. The van der Waals surface area contributed by atoms with Crippen molar-refractivity contribution in [2.45, 2.75) is 38.2 Å². The van der Waals surface area contributed by atoms with Gasteiger partial charge < -0.3 is 15.0 Å². The fourth-order valence-corrected chi connectivity index (χ4v) is 3.46. The number of nitrogens with one attached hydrogen (secondary N) is 1. The minimum Gasteiger partial charge on any atom is -0.374 e. The van der Waals surface area contributed by atoms with Crippen LogP contribution in [0.5, 0.6) is 0 Å². The lowest BCUT2D eigenvalue weighted by atomic mass is 10.1. The Hall–Kier alpha value is -1.55. The van der Waals surface area contributed by atoms with Gasteiger partial charge >= 0.3 is 0 Å². The predicted molar refractivity (Wildman–Crippen MR) is 88.0 cm³/mol. The SMILES string of the molecule is O=C(NCCC1CN(c2ccccc2)CCO1)C1CCCC1. The molecule has 0 radical (unpaired) electrons. The van der Waals surface area contributed by atoms with Crippen molar-refractivity contribution in [3.8, 4) is 0 Å². The fraction of sp³-hybridized carbons (Fsp3) is 0.611. The summed E-state index contributed by atoms with van der Waals surface area (Å²) in [6.07, 6.45) is 5.63.